The summed E-state index contributed by atoms with van der Waals surface area (Å²) < 4.78 is 27.4. The molecule has 0 radical (unpaired) electrons. The SMILES string of the molecule is C[C@@H](NS(=O)(=O)c1ccc2ccccc2c1)C(=O)NC(C)(C)C. The Labute approximate surface area is 137 Å². The van der Waals surface area contributed by atoms with Crippen LogP contribution in [0.5, 0.6) is 0 Å². The highest BCUT2D eigenvalue weighted by molar-refractivity contribution is 7.89. The molecular formula is C17H22N2O3S. The highest BCUT2D eigenvalue weighted by atomic mass is 32.2. The minimum Gasteiger partial charge on any atom is -0.350 e. The van der Waals surface area contributed by atoms with Gasteiger partial charge in [0.1, 0.15) is 0 Å². The van der Waals surface area contributed by atoms with Crippen LogP contribution >= 0.6 is 0 Å². The number of amides is 1. The maximum Gasteiger partial charge on any atom is 0.241 e. The monoisotopic (exact) mass is 334 g/mol. The summed E-state index contributed by atoms with van der Waals surface area (Å²) in [6.07, 6.45) is 0. The molecule has 1 amide bonds. The predicted octanol–water partition coefficient (Wildman–Crippen LogP) is 2.42. The van der Waals surface area contributed by atoms with Crippen LogP contribution in [0.2, 0.25) is 0 Å². The van der Waals surface area contributed by atoms with Crippen molar-refractivity contribution in [2.75, 3.05) is 0 Å². The maximum absolute atomic E-state index is 12.5. The summed E-state index contributed by atoms with van der Waals surface area (Å²) in [5.41, 5.74) is -0.417. The Bertz CT molecular complexity index is 823. The lowest BCUT2D eigenvalue weighted by Gasteiger charge is -2.23. The summed E-state index contributed by atoms with van der Waals surface area (Å²) in [6, 6.07) is 11.6. The number of fused-ring (bicyclic) bond motifs is 1. The number of carbonyl (C=O) groups is 1. The molecule has 2 aromatic rings. The van der Waals surface area contributed by atoms with E-state index in [1.165, 1.54) is 6.92 Å². The van der Waals surface area contributed by atoms with E-state index in [0.717, 1.165) is 10.8 Å². The number of hydrogen-bond donors (Lipinski definition) is 2. The van der Waals surface area contributed by atoms with Gasteiger partial charge in [-0.15, -0.1) is 0 Å². The van der Waals surface area contributed by atoms with Gasteiger partial charge in [-0.25, -0.2) is 8.42 Å². The van der Waals surface area contributed by atoms with Crippen molar-refractivity contribution >= 4 is 26.7 Å². The molecule has 0 unspecified atom stereocenters. The zero-order valence-corrected chi connectivity index (χ0v) is 14.6. The van der Waals surface area contributed by atoms with Crippen molar-refractivity contribution in [1.82, 2.24) is 10.0 Å². The van der Waals surface area contributed by atoms with Crippen LogP contribution in [0.1, 0.15) is 27.7 Å². The molecule has 124 valence electrons. The van der Waals surface area contributed by atoms with Crippen LogP contribution in [0.3, 0.4) is 0 Å². The average molecular weight is 334 g/mol. The molecule has 5 nitrogen and oxygen atoms in total. The minimum absolute atomic E-state index is 0.145. The summed E-state index contributed by atoms with van der Waals surface area (Å²) in [4.78, 5) is 12.2. The number of sulfonamides is 1. The quantitative estimate of drug-likeness (QED) is 0.901. The molecule has 0 aliphatic rings. The van der Waals surface area contributed by atoms with E-state index in [1.807, 2.05) is 45.0 Å². The molecule has 23 heavy (non-hydrogen) atoms. The molecule has 0 heterocycles. The van der Waals surface area contributed by atoms with Gasteiger partial charge in [-0.2, -0.15) is 4.72 Å². The molecule has 0 saturated heterocycles. The Morgan fingerprint density at radius 2 is 1.65 bits per heavy atom. The smallest absolute Gasteiger partial charge is 0.241 e. The molecule has 2 N–H and O–H groups in total. The molecule has 6 heteroatoms. The fourth-order valence-electron chi connectivity index (χ4n) is 2.17. The van der Waals surface area contributed by atoms with Crippen molar-refractivity contribution in [3.05, 3.63) is 42.5 Å². The fourth-order valence-corrected chi connectivity index (χ4v) is 3.40. The van der Waals surface area contributed by atoms with Gasteiger partial charge in [-0.3, -0.25) is 4.79 Å². The summed E-state index contributed by atoms with van der Waals surface area (Å²) in [5, 5.41) is 4.55. The molecule has 0 spiro atoms. The third kappa shape index (κ3) is 4.53. The van der Waals surface area contributed by atoms with Crippen LogP contribution in [0, 0.1) is 0 Å². The van der Waals surface area contributed by atoms with Gasteiger partial charge in [0, 0.05) is 5.54 Å². The summed E-state index contributed by atoms with van der Waals surface area (Å²) in [5.74, 6) is -0.359. The summed E-state index contributed by atoms with van der Waals surface area (Å²) >= 11 is 0. The van der Waals surface area contributed by atoms with E-state index in [2.05, 4.69) is 10.0 Å². The Morgan fingerprint density at radius 1 is 1.04 bits per heavy atom. The number of carbonyl (C=O) groups excluding carboxylic acids is 1. The van der Waals surface area contributed by atoms with Crippen molar-refractivity contribution in [3.8, 4) is 0 Å². The van der Waals surface area contributed by atoms with Crippen LogP contribution in [0.15, 0.2) is 47.4 Å². The molecule has 0 aromatic heterocycles. The summed E-state index contributed by atoms with van der Waals surface area (Å²) in [7, 11) is -3.76. The van der Waals surface area contributed by atoms with E-state index in [4.69, 9.17) is 0 Å². The van der Waals surface area contributed by atoms with E-state index >= 15 is 0 Å². The van der Waals surface area contributed by atoms with Crippen molar-refractivity contribution < 1.29 is 13.2 Å². The Morgan fingerprint density at radius 3 is 2.26 bits per heavy atom. The standard InChI is InChI=1S/C17H22N2O3S/c1-12(16(20)18-17(2,3)4)19-23(21,22)15-10-9-13-7-5-6-8-14(13)11-15/h5-12,19H,1-4H3,(H,18,20)/t12-/m1/s1. The zero-order chi connectivity index (χ0) is 17.3. The topological polar surface area (TPSA) is 75.3 Å². The van der Waals surface area contributed by atoms with E-state index in [-0.39, 0.29) is 10.8 Å². The Balaban J connectivity index is 2.21. The lowest BCUT2D eigenvalue weighted by molar-refractivity contribution is -0.123. The molecule has 0 aliphatic heterocycles. The van der Waals surface area contributed by atoms with Crippen molar-refractivity contribution in [3.63, 3.8) is 0 Å². The first-order valence-corrected chi connectivity index (χ1v) is 8.90. The predicted molar refractivity (Wildman–Crippen MR) is 91.6 cm³/mol. The molecule has 2 rings (SSSR count). The third-order valence-electron chi connectivity index (χ3n) is 3.25. The molecular weight excluding hydrogens is 312 g/mol. The van der Waals surface area contributed by atoms with Crippen LogP contribution in [-0.4, -0.2) is 25.9 Å². The van der Waals surface area contributed by atoms with Gasteiger partial charge in [0.15, 0.2) is 0 Å². The molecule has 0 aliphatic carbocycles. The fraction of sp³-hybridized carbons (Fsp3) is 0.353. The molecule has 0 fully saturated rings. The molecule has 2 aromatic carbocycles. The van der Waals surface area contributed by atoms with Crippen molar-refractivity contribution in [1.29, 1.82) is 0 Å². The van der Waals surface area contributed by atoms with Gasteiger partial charge in [-0.05, 0) is 50.6 Å². The largest absolute Gasteiger partial charge is 0.350 e. The Hall–Kier alpha value is -1.92. The zero-order valence-electron chi connectivity index (χ0n) is 13.8. The number of nitrogens with one attached hydrogen (secondary N) is 2. The molecule has 0 saturated carbocycles. The first kappa shape index (κ1) is 17.4. The second-order valence-electron chi connectivity index (χ2n) is 6.59. The van der Waals surface area contributed by atoms with Crippen LogP contribution in [0.4, 0.5) is 0 Å². The lowest BCUT2D eigenvalue weighted by Crippen LogP contribution is -2.50. The second kappa shape index (κ2) is 6.29. The molecule has 1 atom stereocenters. The first-order valence-electron chi connectivity index (χ1n) is 7.42. The number of hydrogen-bond acceptors (Lipinski definition) is 3. The van der Waals surface area contributed by atoms with Gasteiger partial charge < -0.3 is 5.32 Å². The highest BCUT2D eigenvalue weighted by Gasteiger charge is 2.24. The van der Waals surface area contributed by atoms with Gasteiger partial charge >= 0.3 is 0 Å². The van der Waals surface area contributed by atoms with Crippen molar-refractivity contribution in [2.45, 2.75) is 44.2 Å². The minimum atomic E-state index is -3.76. The first-order chi connectivity index (χ1) is 10.6. The van der Waals surface area contributed by atoms with E-state index in [0.29, 0.717) is 0 Å². The van der Waals surface area contributed by atoms with Gasteiger partial charge in [0.2, 0.25) is 15.9 Å². The number of rotatable bonds is 4. The van der Waals surface area contributed by atoms with E-state index < -0.39 is 21.6 Å². The summed E-state index contributed by atoms with van der Waals surface area (Å²) in [6.45, 7) is 7.06. The van der Waals surface area contributed by atoms with E-state index in [1.54, 1.807) is 18.2 Å². The second-order valence-corrected chi connectivity index (χ2v) is 8.31. The molecule has 0 bridgehead atoms. The van der Waals surface area contributed by atoms with Crippen LogP contribution in [0.25, 0.3) is 10.8 Å². The highest BCUT2D eigenvalue weighted by Crippen LogP contribution is 2.19. The van der Waals surface area contributed by atoms with Gasteiger partial charge in [0.25, 0.3) is 0 Å². The van der Waals surface area contributed by atoms with Crippen molar-refractivity contribution in [2.24, 2.45) is 0 Å². The normalized spacial score (nSPS) is 13.7. The maximum atomic E-state index is 12.5. The average Bonchev–Trinajstić information content (AvgIpc) is 2.44. The van der Waals surface area contributed by atoms with E-state index in [9.17, 15) is 13.2 Å². The third-order valence-corrected chi connectivity index (χ3v) is 4.79. The Kier molecular flexibility index (Phi) is 4.77. The number of benzene rings is 2. The van der Waals surface area contributed by atoms with Crippen LogP contribution < -0.4 is 10.0 Å². The van der Waals surface area contributed by atoms with Gasteiger partial charge in [0.05, 0.1) is 10.9 Å². The van der Waals surface area contributed by atoms with Gasteiger partial charge in [-0.1, -0.05) is 30.3 Å². The van der Waals surface area contributed by atoms with Crippen LogP contribution in [-0.2, 0) is 14.8 Å². The lowest BCUT2D eigenvalue weighted by atomic mass is 10.1.